The number of carbonyl (C=O) groups excluding carboxylic acids is 1. The number of hydrogen-bond acceptors (Lipinski definition) is 7. The zero-order valence-electron chi connectivity index (χ0n) is 20.5. The lowest BCUT2D eigenvalue weighted by atomic mass is 9.98. The molecule has 2 saturated heterocycles. The maximum Gasteiger partial charge on any atom is 0.490 e. The largest absolute Gasteiger partial charge is 0.490 e. The van der Waals surface area contributed by atoms with Crippen molar-refractivity contribution in [3.05, 3.63) is 47.5 Å². The molecule has 2 aliphatic rings. The third kappa shape index (κ3) is 10.6. The van der Waals surface area contributed by atoms with Crippen molar-refractivity contribution >= 4 is 29.4 Å². The number of aromatic nitrogens is 3. The second-order valence-electron chi connectivity index (χ2n) is 8.40. The lowest BCUT2D eigenvalue weighted by Crippen LogP contribution is -2.60. The molecule has 2 atom stereocenters. The number of carboxylic acids is 2. The molecule has 2 aromatic rings. The molecular formula is C22H24ClF6N5O6. The predicted octanol–water partition coefficient (Wildman–Crippen LogP) is 2.70. The van der Waals surface area contributed by atoms with Crippen LogP contribution in [0.5, 0.6) is 0 Å². The fourth-order valence-corrected chi connectivity index (χ4v) is 3.91. The summed E-state index contributed by atoms with van der Waals surface area (Å²) in [6, 6.07) is 4.26. The summed E-state index contributed by atoms with van der Waals surface area (Å²) in [7, 11) is 0. The number of piperidine rings is 1. The molecule has 0 unspecified atom stereocenters. The van der Waals surface area contributed by atoms with Gasteiger partial charge in [0.15, 0.2) is 0 Å². The van der Waals surface area contributed by atoms with Crippen molar-refractivity contribution in [3.8, 4) is 0 Å². The Morgan fingerprint density at radius 3 is 2.17 bits per heavy atom. The number of carboxylic acid groups (broad SMARTS) is 2. The van der Waals surface area contributed by atoms with Crippen LogP contribution in [0.2, 0.25) is 5.02 Å². The molecule has 0 spiro atoms. The molecule has 40 heavy (non-hydrogen) atoms. The van der Waals surface area contributed by atoms with E-state index in [1.165, 1.54) is 5.56 Å². The van der Waals surface area contributed by atoms with Gasteiger partial charge in [0.05, 0.1) is 30.0 Å². The van der Waals surface area contributed by atoms with Crippen molar-refractivity contribution in [1.82, 2.24) is 24.6 Å². The monoisotopic (exact) mass is 603 g/mol. The van der Waals surface area contributed by atoms with E-state index in [9.17, 15) is 31.1 Å². The molecule has 0 radical (unpaired) electrons. The number of ether oxygens (including phenoxy) is 1. The highest BCUT2D eigenvalue weighted by Crippen LogP contribution is 2.25. The van der Waals surface area contributed by atoms with Gasteiger partial charge in [-0.2, -0.15) is 31.4 Å². The zero-order chi connectivity index (χ0) is 30.1. The van der Waals surface area contributed by atoms with Crippen LogP contribution in [0, 0.1) is 0 Å². The van der Waals surface area contributed by atoms with Crippen molar-refractivity contribution < 1.29 is 55.7 Å². The second kappa shape index (κ2) is 14.3. The predicted molar refractivity (Wildman–Crippen MR) is 124 cm³/mol. The van der Waals surface area contributed by atoms with Gasteiger partial charge in [-0.3, -0.25) is 19.4 Å². The molecule has 4 heterocycles. The fourth-order valence-electron chi connectivity index (χ4n) is 3.75. The third-order valence-corrected chi connectivity index (χ3v) is 5.74. The maximum absolute atomic E-state index is 12.7. The Morgan fingerprint density at radius 1 is 1.05 bits per heavy atom. The van der Waals surface area contributed by atoms with Gasteiger partial charge in [-0.05, 0) is 18.1 Å². The molecule has 4 rings (SSSR count). The fraction of sp³-hybridized carbons (Fsp3) is 0.500. The molecule has 0 saturated carbocycles. The van der Waals surface area contributed by atoms with Gasteiger partial charge in [-0.25, -0.2) is 9.59 Å². The van der Waals surface area contributed by atoms with Crippen LogP contribution in [0.1, 0.15) is 12.0 Å². The van der Waals surface area contributed by atoms with Gasteiger partial charge in [0.2, 0.25) is 5.91 Å². The van der Waals surface area contributed by atoms with Crippen molar-refractivity contribution in [2.24, 2.45) is 0 Å². The molecule has 2 N–H and O–H groups in total. The summed E-state index contributed by atoms with van der Waals surface area (Å²) in [5.74, 6) is -5.45. The van der Waals surface area contributed by atoms with E-state index in [2.05, 4.69) is 21.0 Å². The first kappa shape index (κ1) is 32.8. The molecule has 0 bridgehead atoms. The Kier molecular flexibility index (Phi) is 11.7. The van der Waals surface area contributed by atoms with E-state index in [0.717, 1.165) is 32.7 Å². The highest BCUT2D eigenvalue weighted by Gasteiger charge is 2.39. The van der Waals surface area contributed by atoms with Gasteiger partial charge in [0.1, 0.15) is 6.54 Å². The number of carbonyl (C=O) groups is 3. The molecule has 222 valence electrons. The lowest BCUT2D eigenvalue weighted by molar-refractivity contribution is -0.193. The minimum Gasteiger partial charge on any atom is -0.475 e. The van der Waals surface area contributed by atoms with Crippen LogP contribution < -0.4 is 0 Å². The van der Waals surface area contributed by atoms with Crippen molar-refractivity contribution in [2.45, 2.75) is 44.0 Å². The number of halogens is 7. The van der Waals surface area contributed by atoms with Gasteiger partial charge in [0.25, 0.3) is 0 Å². The van der Waals surface area contributed by atoms with Gasteiger partial charge < -0.3 is 19.8 Å². The number of fused-ring (bicyclic) bond motifs is 1. The quantitative estimate of drug-likeness (QED) is 0.505. The summed E-state index contributed by atoms with van der Waals surface area (Å²) in [6.45, 7) is 4.05. The molecule has 2 aliphatic heterocycles. The van der Waals surface area contributed by atoms with Crippen LogP contribution in [0.3, 0.4) is 0 Å². The summed E-state index contributed by atoms with van der Waals surface area (Å²) < 4.78 is 71.0. The number of aliphatic carboxylic acids is 2. The van der Waals surface area contributed by atoms with Gasteiger partial charge in [0, 0.05) is 44.8 Å². The number of likely N-dealkylation sites (tertiary alicyclic amines) is 1. The molecule has 18 heteroatoms. The second-order valence-corrected chi connectivity index (χ2v) is 8.84. The number of hydrogen-bond donors (Lipinski definition) is 2. The smallest absolute Gasteiger partial charge is 0.475 e. The standard InChI is InChI=1S/C18H22ClN5O2.2C2HF3O2/c19-15-9-21-24(11-15)13-18(25)23-5-3-17-16(12-23)22(6-7-26-17)10-14-2-1-4-20-8-14;2*3-2(4,5)1(6)7/h1-2,4,8-9,11,16-17H,3,5-7,10,12-13H2;2*(H,6,7)/t16-,17-;;/m0../s1. The van der Waals surface area contributed by atoms with Crippen LogP contribution in [-0.2, 0) is 32.2 Å². The summed E-state index contributed by atoms with van der Waals surface area (Å²) in [6.07, 6.45) is -2.22. The Morgan fingerprint density at radius 2 is 1.68 bits per heavy atom. The van der Waals surface area contributed by atoms with E-state index in [1.807, 2.05) is 17.2 Å². The number of amides is 1. The van der Waals surface area contributed by atoms with E-state index in [-0.39, 0.29) is 24.6 Å². The molecule has 1 amide bonds. The Balaban J connectivity index is 0.000000333. The first-order valence-corrected chi connectivity index (χ1v) is 11.8. The molecule has 0 aromatic carbocycles. The van der Waals surface area contributed by atoms with E-state index in [0.29, 0.717) is 11.6 Å². The van der Waals surface area contributed by atoms with Crippen LogP contribution in [0.25, 0.3) is 0 Å². The van der Waals surface area contributed by atoms with Crippen molar-refractivity contribution in [2.75, 3.05) is 26.2 Å². The molecule has 0 aliphatic carbocycles. The van der Waals surface area contributed by atoms with Gasteiger partial charge in [-0.1, -0.05) is 17.7 Å². The Labute approximate surface area is 227 Å². The highest BCUT2D eigenvalue weighted by atomic mass is 35.5. The normalized spacial score (nSPS) is 19.3. The number of alkyl halides is 6. The van der Waals surface area contributed by atoms with Gasteiger partial charge >= 0.3 is 24.3 Å². The maximum atomic E-state index is 12.7. The summed E-state index contributed by atoms with van der Waals surface area (Å²) in [5, 5.41) is 18.9. The van der Waals surface area contributed by atoms with Crippen molar-refractivity contribution in [1.29, 1.82) is 0 Å². The zero-order valence-corrected chi connectivity index (χ0v) is 21.2. The first-order chi connectivity index (χ1) is 18.6. The average Bonchev–Trinajstić information content (AvgIpc) is 3.28. The SMILES string of the molecule is O=C(Cn1cc(Cl)cn1)N1CC[C@@H]2OCCN(Cc3cccnc3)[C@H]2C1.O=C(O)C(F)(F)F.O=C(O)C(F)(F)F. The van der Waals surface area contributed by atoms with E-state index in [1.54, 1.807) is 23.3 Å². The van der Waals surface area contributed by atoms with Gasteiger partial charge in [-0.15, -0.1) is 0 Å². The van der Waals surface area contributed by atoms with E-state index < -0.39 is 24.3 Å². The summed E-state index contributed by atoms with van der Waals surface area (Å²) in [5.41, 5.74) is 1.18. The molecule has 2 aromatic heterocycles. The van der Waals surface area contributed by atoms with E-state index in [4.69, 9.17) is 36.1 Å². The molecular weight excluding hydrogens is 580 g/mol. The van der Waals surface area contributed by atoms with Crippen LogP contribution in [0.15, 0.2) is 36.9 Å². The first-order valence-electron chi connectivity index (χ1n) is 11.4. The van der Waals surface area contributed by atoms with E-state index >= 15 is 0 Å². The number of nitrogens with zero attached hydrogens (tertiary/aromatic N) is 5. The summed E-state index contributed by atoms with van der Waals surface area (Å²) in [4.78, 5) is 39.0. The van der Waals surface area contributed by atoms with Crippen LogP contribution in [0.4, 0.5) is 26.3 Å². The topological polar surface area (TPSA) is 138 Å². The Hall–Kier alpha value is -3.44. The molecule has 2 fully saturated rings. The minimum atomic E-state index is -5.08. The number of morpholine rings is 1. The summed E-state index contributed by atoms with van der Waals surface area (Å²) >= 11 is 5.88. The highest BCUT2D eigenvalue weighted by molar-refractivity contribution is 6.30. The lowest BCUT2D eigenvalue weighted by Gasteiger charge is -2.47. The molecule has 11 nitrogen and oxygen atoms in total. The third-order valence-electron chi connectivity index (χ3n) is 5.54. The number of pyridine rings is 1. The average molecular weight is 604 g/mol. The van der Waals surface area contributed by atoms with Crippen LogP contribution in [-0.4, -0.2) is 103 Å². The van der Waals surface area contributed by atoms with Crippen LogP contribution >= 0.6 is 11.6 Å². The van der Waals surface area contributed by atoms with Crippen molar-refractivity contribution in [3.63, 3.8) is 0 Å². The minimum absolute atomic E-state index is 0.0649. The Bertz CT molecular complexity index is 1110. The number of rotatable bonds is 4.